The van der Waals surface area contributed by atoms with Crippen LogP contribution in [0.2, 0.25) is 18.1 Å². The average Bonchev–Trinajstić information content (AvgIpc) is 2.66. The smallest absolute Gasteiger partial charge is 0.193 e. The Morgan fingerprint density at radius 3 is 2.00 bits per heavy atom. The summed E-state index contributed by atoms with van der Waals surface area (Å²) in [7, 11) is -1.86. The van der Waals surface area contributed by atoms with Gasteiger partial charge in [0.1, 0.15) is 6.10 Å². The molecule has 134 valence electrons. The van der Waals surface area contributed by atoms with Gasteiger partial charge >= 0.3 is 0 Å². The molecule has 0 saturated heterocycles. The number of rotatable bonds is 9. The molecule has 3 heteroatoms. The van der Waals surface area contributed by atoms with Gasteiger partial charge in [-0.1, -0.05) is 80.9 Å². The predicted molar refractivity (Wildman–Crippen MR) is 108 cm³/mol. The molecule has 0 N–H and O–H groups in total. The molecule has 0 saturated carbocycles. The first-order valence-corrected chi connectivity index (χ1v) is 11.9. The van der Waals surface area contributed by atoms with E-state index >= 15 is 0 Å². The highest BCUT2D eigenvalue weighted by atomic mass is 28.4. The molecular formula is C22H30O2Si. The van der Waals surface area contributed by atoms with Crippen LogP contribution in [-0.2, 0) is 10.8 Å². The third-order valence-corrected chi connectivity index (χ3v) is 9.87. The fourth-order valence-corrected chi connectivity index (χ4v) is 6.02. The summed E-state index contributed by atoms with van der Waals surface area (Å²) in [4.78, 5) is 13.2. The summed E-state index contributed by atoms with van der Waals surface area (Å²) in [5.41, 5.74) is 3.06. The maximum atomic E-state index is 13.2. The zero-order valence-corrected chi connectivity index (χ0v) is 16.9. The molecule has 2 aromatic carbocycles. The van der Waals surface area contributed by atoms with Crippen LogP contribution in [0.5, 0.6) is 0 Å². The van der Waals surface area contributed by atoms with Gasteiger partial charge in [0, 0.05) is 12.0 Å². The highest BCUT2D eigenvalue weighted by Gasteiger charge is 2.35. The Morgan fingerprint density at radius 1 is 0.920 bits per heavy atom. The number of carbonyl (C=O) groups excluding carboxylic acids is 1. The molecule has 1 atom stereocenters. The van der Waals surface area contributed by atoms with Gasteiger partial charge in [0.25, 0.3) is 0 Å². The van der Waals surface area contributed by atoms with Crippen LogP contribution in [0.25, 0.3) is 0 Å². The fraction of sp³-hybridized carbons (Fsp3) is 0.409. The maximum Gasteiger partial charge on any atom is 0.193 e. The predicted octanol–water partition coefficient (Wildman–Crippen LogP) is 5.81. The molecule has 0 aliphatic carbocycles. The van der Waals surface area contributed by atoms with Gasteiger partial charge in [-0.25, -0.2) is 0 Å². The molecule has 0 unspecified atom stereocenters. The summed E-state index contributed by atoms with van der Waals surface area (Å²) >= 11 is 0. The van der Waals surface area contributed by atoms with E-state index < -0.39 is 14.4 Å². The minimum absolute atomic E-state index is 0.107. The SMILES string of the molecule is CC[Si](CC)(CC)O[C@@H](Cc1ccccc1)C(=O)c1ccc(C)cc1. The second-order valence-corrected chi connectivity index (χ2v) is 11.5. The topological polar surface area (TPSA) is 26.3 Å². The standard InChI is InChI=1S/C22H30O2Si/c1-5-25(6-2,7-3)24-21(17-19-11-9-8-10-12-19)22(23)20-15-13-18(4)14-16-20/h8-16,21H,5-7,17H2,1-4H3/t21-/m0/s1. The van der Waals surface area contributed by atoms with Crippen molar-refractivity contribution in [2.24, 2.45) is 0 Å². The number of hydrogen-bond donors (Lipinski definition) is 0. The number of Topliss-reactive ketones (excluding diaryl/α,β-unsaturated/α-hetero) is 1. The molecule has 2 nitrogen and oxygen atoms in total. The molecular weight excluding hydrogens is 324 g/mol. The van der Waals surface area contributed by atoms with Gasteiger partial charge in [-0.15, -0.1) is 0 Å². The van der Waals surface area contributed by atoms with Crippen LogP contribution in [0.15, 0.2) is 54.6 Å². The van der Waals surface area contributed by atoms with E-state index in [1.807, 2.05) is 49.4 Å². The average molecular weight is 355 g/mol. The van der Waals surface area contributed by atoms with Crippen molar-refractivity contribution < 1.29 is 9.22 Å². The molecule has 0 fully saturated rings. The Kier molecular flexibility index (Phi) is 7.15. The number of hydrogen-bond acceptors (Lipinski definition) is 2. The van der Waals surface area contributed by atoms with Gasteiger partial charge in [-0.3, -0.25) is 4.79 Å². The second-order valence-electron chi connectivity index (χ2n) is 6.77. The Labute approximate surface area is 153 Å². The van der Waals surface area contributed by atoms with Gasteiger partial charge in [0.05, 0.1) is 0 Å². The van der Waals surface area contributed by atoms with Gasteiger partial charge in [-0.2, -0.15) is 0 Å². The minimum atomic E-state index is -1.86. The summed E-state index contributed by atoms with van der Waals surface area (Å²) in [5, 5.41) is 0. The lowest BCUT2D eigenvalue weighted by Crippen LogP contribution is -2.43. The molecule has 2 rings (SSSR count). The summed E-state index contributed by atoms with van der Waals surface area (Å²) < 4.78 is 6.63. The van der Waals surface area contributed by atoms with Crippen LogP contribution in [0, 0.1) is 6.92 Å². The van der Waals surface area contributed by atoms with Gasteiger partial charge in [0.15, 0.2) is 14.1 Å². The zero-order valence-electron chi connectivity index (χ0n) is 15.9. The first-order chi connectivity index (χ1) is 12.0. The Hall–Kier alpha value is -1.71. The van der Waals surface area contributed by atoms with Crippen LogP contribution < -0.4 is 0 Å². The molecule has 2 aromatic rings. The van der Waals surface area contributed by atoms with Gasteiger partial charge < -0.3 is 4.43 Å². The molecule has 0 amide bonds. The van der Waals surface area contributed by atoms with Crippen molar-refractivity contribution in [1.82, 2.24) is 0 Å². The fourth-order valence-electron chi connectivity index (χ4n) is 3.22. The molecule has 25 heavy (non-hydrogen) atoms. The van der Waals surface area contributed by atoms with Crippen molar-refractivity contribution in [2.75, 3.05) is 0 Å². The van der Waals surface area contributed by atoms with Crippen LogP contribution in [0.4, 0.5) is 0 Å². The molecule has 0 heterocycles. The first kappa shape index (κ1) is 19.6. The number of carbonyl (C=O) groups is 1. The summed E-state index contributed by atoms with van der Waals surface area (Å²) in [6, 6.07) is 21.2. The van der Waals surface area contributed by atoms with Crippen LogP contribution in [0.3, 0.4) is 0 Å². The number of benzene rings is 2. The lowest BCUT2D eigenvalue weighted by Gasteiger charge is -2.33. The van der Waals surface area contributed by atoms with E-state index in [0.29, 0.717) is 6.42 Å². The number of aryl methyl sites for hydroxylation is 1. The molecule has 0 spiro atoms. The van der Waals surface area contributed by atoms with E-state index in [9.17, 15) is 4.79 Å². The van der Waals surface area contributed by atoms with E-state index in [-0.39, 0.29) is 5.78 Å². The third kappa shape index (κ3) is 5.13. The maximum absolute atomic E-state index is 13.2. The van der Waals surface area contributed by atoms with Crippen LogP contribution >= 0.6 is 0 Å². The summed E-state index contributed by atoms with van der Waals surface area (Å²) in [6.45, 7) is 8.65. The lowest BCUT2D eigenvalue weighted by molar-refractivity contribution is 0.0772. The Balaban J connectivity index is 2.30. The largest absolute Gasteiger partial charge is 0.406 e. The quantitative estimate of drug-likeness (QED) is 0.419. The van der Waals surface area contributed by atoms with Crippen molar-refractivity contribution >= 4 is 14.1 Å². The van der Waals surface area contributed by atoms with E-state index in [4.69, 9.17) is 4.43 Å². The third-order valence-electron chi connectivity index (χ3n) is 5.22. The summed E-state index contributed by atoms with van der Waals surface area (Å²) in [6.07, 6.45) is 0.249. The summed E-state index contributed by atoms with van der Waals surface area (Å²) in [5.74, 6) is 0.107. The van der Waals surface area contributed by atoms with Crippen molar-refractivity contribution in [1.29, 1.82) is 0 Å². The van der Waals surface area contributed by atoms with Gasteiger partial charge in [0.2, 0.25) is 0 Å². The van der Waals surface area contributed by atoms with Crippen molar-refractivity contribution in [3.63, 3.8) is 0 Å². The van der Waals surface area contributed by atoms with E-state index in [1.165, 1.54) is 0 Å². The van der Waals surface area contributed by atoms with Crippen LogP contribution in [-0.4, -0.2) is 20.2 Å². The molecule has 0 aliphatic rings. The molecule has 0 aromatic heterocycles. The monoisotopic (exact) mass is 354 g/mol. The van der Waals surface area contributed by atoms with E-state index in [2.05, 4.69) is 32.9 Å². The zero-order chi connectivity index (χ0) is 18.3. The van der Waals surface area contributed by atoms with E-state index in [1.54, 1.807) is 0 Å². The van der Waals surface area contributed by atoms with Crippen molar-refractivity contribution in [2.45, 2.75) is 58.4 Å². The Bertz CT molecular complexity index is 652. The van der Waals surface area contributed by atoms with Gasteiger partial charge in [-0.05, 0) is 30.6 Å². The Morgan fingerprint density at radius 2 is 1.48 bits per heavy atom. The molecule has 0 aliphatic heterocycles. The first-order valence-electron chi connectivity index (χ1n) is 9.36. The molecule has 0 bridgehead atoms. The minimum Gasteiger partial charge on any atom is -0.406 e. The molecule has 0 radical (unpaired) electrons. The lowest BCUT2D eigenvalue weighted by atomic mass is 9.99. The highest BCUT2D eigenvalue weighted by molar-refractivity contribution is 6.73. The van der Waals surface area contributed by atoms with Crippen molar-refractivity contribution in [3.05, 3.63) is 71.3 Å². The second kappa shape index (κ2) is 9.11. The normalized spacial score (nSPS) is 12.8. The van der Waals surface area contributed by atoms with Crippen LogP contribution in [0.1, 0.15) is 42.3 Å². The van der Waals surface area contributed by atoms with Crippen molar-refractivity contribution in [3.8, 4) is 0 Å². The highest BCUT2D eigenvalue weighted by Crippen LogP contribution is 2.26. The number of ketones is 1. The van der Waals surface area contributed by atoms with E-state index in [0.717, 1.165) is 34.8 Å².